The quantitative estimate of drug-likeness (QED) is 0.565. The van der Waals surface area contributed by atoms with E-state index in [-0.39, 0.29) is 12.4 Å². The summed E-state index contributed by atoms with van der Waals surface area (Å²) in [5.74, 6) is -0.0745. The summed E-state index contributed by atoms with van der Waals surface area (Å²) in [6, 6.07) is 18.7. The summed E-state index contributed by atoms with van der Waals surface area (Å²) in [4.78, 5) is 31.7. The maximum Gasteiger partial charge on any atom is 0.411 e. The van der Waals surface area contributed by atoms with Crippen LogP contribution >= 0.6 is 11.3 Å². The van der Waals surface area contributed by atoms with Gasteiger partial charge < -0.3 is 4.74 Å². The Morgan fingerprint density at radius 1 is 1.04 bits per heavy atom. The van der Waals surface area contributed by atoms with Crippen LogP contribution in [-0.4, -0.2) is 27.8 Å². The zero-order valence-electron chi connectivity index (χ0n) is 15.7. The number of benzene rings is 2. The molecular formula is C22H22N2O3S. The number of hydrogen-bond donors (Lipinski definition) is 0. The van der Waals surface area contributed by atoms with Crippen LogP contribution in [0.3, 0.4) is 0 Å². The predicted molar refractivity (Wildman–Crippen MR) is 109 cm³/mol. The van der Waals surface area contributed by atoms with Crippen LogP contribution < -0.4 is 0 Å². The Bertz CT molecular complexity index is 883. The first kappa shape index (κ1) is 19.8. The first-order chi connectivity index (χ1) is 13.6. The minimum Gasteiger partial charge on any atom is -0.444 e. The van der Waals surface area contributed by atoms with Gasteiger partial charge in [0, 0.05) is 19.2 Å². The summed E-state index contributed by atoms with van der Waals surface area (Å²) in [6.45, 7) is 1.96. The molecule has 0 spiro atoms. The van der Waals surface area contributed by atoms with Crippen LogP contribution in [0.2, 0.25) is 0 Å². The van der Waals surface area contributed by atoms with E-state index in [2.05, 4.69) is 4.98 Å². The van der Waals surface area contributed by atoms with Crippen LogP contribution in [0.1, 0.15) is 22.9 Å². The minimum atomic E-state index is -0.600. The van der Waals surface area contributed by atoms with Gasteiger partial charge in [0.15, 0.2) is 5.78 Å². The highest BCUT2D eigenvalue weighted by molar-refractivity contribution is 7.09. The maximum absolute atomic E-state index is 12.9. The second kappa shape index (κ2) is 9.80. The van der Waals surface area contributed by atoms with Crippen LogP contribution in [-0.2, 0) is 29.1 Å². The van der Waals surface area contributed by atoms with Crippen LogP contribution in [0.4, 0.5) is 4.79 Å². The summed E-state index contributed by atoms with van der Waals surface area (Å²) in [5.41, 5.74) is 3.63. The van der Waals surface area contributed by atoms with Crippen LogP contribution in [0.25, 0.3) is 0 Å². The molecule has 0 saturated carbocycles. The van der Waals surface area contributed by atoms with E-state index < -0.39 is 12.1 Å². The second-order valence-corrected chi connectivity index (χ2v) is 7.42. The van der Waals surface area contributed by atoms with E-state index in [1.807, 2.05) is 60.7 Å². The van der Waals surface area contributed by atoms with Crippen molar-refractivity contribution in [3.05, 3.63) is 88.4 Å². The largest absolute Gasteiger partial charge is 0.444 e. The number of amides is 1. The Labute approximate surface area is 168 Å². The fourth-order valence-corrected chi connectivity index (χ4v) is 3.43. The summed E-state index contributed by atoms with van der Waals surface area (Å²) in [5, 5.41) is 0. The Morgan fingerprint density at radius 2 is 1.68 bits per heavy atom. The van der Waals surface area contributed by atoms with Gasteiger partial charge in [-0.3, -0.25) is 14.7 Å². The average Bonchev–Trinajstić information content (AvgIpc) is 3.24. The van der Waals surface area contributed by atoms with Gasteiger partial charge in [0.1, 0.15) is 6.61 Å². The van der Waals surface area contributed by atoms with Crippen molar-refractivity contribution < 1.29 is 14.3 Å². The summed E-state index contributed by atoms with van der Waals surface area (Å²) in [6.07, 6.45) is 1.61. The van der Waals surface area contributed by atoms with Gasteiger partial charge in [-0.05, 0) is 18.1 Å². The lowest BCUT2D eigenvalue weighted by Crippen LogP contribution is -2.45. The number of ketones is 1. The molecule has 0 radical (unpaired) electrons. The van der Waals surface area contributed by atoms with Crippen molar-refractivity contribution in [3.8, 4) is 0 Å². The van der Waals surface area contributed by atoms with E-state index in [0.717, 1.165) is 16.0 Å². The molecular weight excluding hydrogens is 372 g/mol. The number of carbonyl (C=O) groups excluding carboxylic acids is 2. The Hall–Kier alpha value is -2.99. The fourth-order valence-electron chi connectivity index (χ4n) is 2.92. The molecule has 1 aromatic heterocycles. The molecule has 1 unspecified atom stereocenters. The van der Waals surface area contributed by atoms with Crippen LogP contribution in [0.15, 0.2) is 72.4 Å². The predicted octanol–water partition coefficient (Wildman–Crippen LogP) is 4.48. The van der Waals surface area contributed by atoms with E-state index in [4.69, 9.17) is 4.74 Å². The van der Waals surface area contributed by atoms with Gasteiger partial charge in [0.05, 0.1) is 16.4 Å². The van der Waals surface area contributed by atoms with Crippen molar-refractivity contribution in [1.29, 1.82) is 0 Å². The summed E-state index contributed by atoms with van der Waals surface area (Å²) in [7, 11) is 0. The molecule has 3 aromatic rings. The third-order valence-electron chi connectivity index (χ3n) is 4.37. The first-order valence-corrected chi connectivity index (χ1v) is 9.90. The van der Waals surface area contributed by atoms with E-state index in [1.165, 1.54) is 23.2 Å². The van der Waals surface area contributed by atoms with Gasteiger partial charge in [-0.1, -0.05) is 60.7 Å². The number of carbonyl (C=O) groups is 2. The van der Waals surface area contributed by atoms with Crippen molar-refractivity contribution >= 4 is 23.2 Å². The molecule has 28 heavy (non-hydrogen) atoms. The third-order valence-corrected chi connectivity index (χ3v) is 5.12. The average molecular weight is 394 g/mol. The highest BCUT2D eigenvalue weighted by Gasteiger charge is 2.29. The second-order valence-electron chi connectivity index (χ2n) is 6.45. The Balaban J connectivity index is 1.81. The monoisotopic (exact) mass is 394 g/mol. The zero-order chi connectivity index (χ0) is 19.8. The number of thiazole rings is 1. The minimum absolute atomic E-state index is 0.0745. The van der Waals surface area contributed by atoms with Gasteiger partial charge in [0.25, 0.3) is 0 Å². The number of rotatable bonds is 8. The standard InChI is InChI=1S/C22H22N2O3S/c1-17(25)21(12-18-8-4-2-5-9-18)24(14-19-10-6-3-7-11-19)22(26)27-15-20-13-23-16-28-20/h2-11,13,16,21H,12,14-15H2,1H3. The normalized spacial score (nSPS) is 11.6. The smallest absolute Gasteiger partial charge is 0.411 e. The van der Waals surface area contributed by atoms with Crippen LogP contribution in [0, 0.1) is 0 Å². The lowest BCUT2D eigenvalue weighted by atomic mass is 10.0. The molecule has 1 amide bonds. The Morgan fingerprint density at radius 3 is 2.25 bits per heavy atom. The lowest BCUT2D eigenvalue weighted by molar-refractivity contribution is -0.122. The van der Waals surface area contributed by atoms with Crippen molar-refractivity contribution in [3.63, 3.8) is 0 Å². The molecule has 0 saturated heterocycles. The molecule has 0 aliphatic rings. The molecule has 3 rings (SSSR count). The number of hydrogen-bond acceptors (Lipinski definition) is 5. The zero-order valence-corrected chi connectivity index (χ0v) is 16.5. The topological polar surface area (TPSA) is 59.5 Å². The molecule has 0 bridgehead atoms. The molecule has 144 valence electrons. The van der Waals surface area contributed by atoms with Gasteiger partial charge in [0.2, 0.25) is 0 Å². The van der Waals surface area contributed by atoms with E-state index in [9.17, 15) is 9.59 Å². The molecule has 6 heteroatoms. The summed E-state index contributed by atoms with van der Waals surface area (Å²) >= 11 is 1.42. The number of ether oxygens (including phenoxy) is 1. The number of Topliss-reactive ketones (excluding diaryl/α,β-unsaturated/α-hetero) is 1. The fraction of sp³-hybridized carbons (Fsp3) is 0.227. The van der Waals surface area contributed by atoms with Crippen LogP contribution in [0.5, 0.6) is 0 Å². The van der Waals surface area contributed by atoms with Crippen molar-refractivity contribution in [2.75, 3.05) is 0 Å². The van der Waals surface area contributed by atoms with Crippen molar-refractivity contribution in [2.45, 2.75) is 32.5 Å². The first-order valence-electron chi connectivity index (χ1n) is 9.02. The molecule has 2 aromatic carbocycles. The number of nitrogens with zero attached hydrogens (tertiary/aromatic N) is 2. The summed E-state index contributed by atoms with van der Waals surface area (Å²) < 4.78 is 5.49. The molecule has 0 N–H and O–H groups in total. The van der Waals surface area contributed by atoms with Crippen molar-refractivity contribution in [2.24, 2.45) is 0 Å². The molecule has 0 fully saturated rings. The van der Waals surface area contributed by atoms with Crippen molar-refractivity contribution in [1.82, 2.24) is 9.88 Å². The lowest BCUT2D eigenvalue weighted by Gasteiger charge is -2.29. The third kappa shape index (κ3) is 5.50. The van der Waals surface area contributed by atoms with E-state index in [0.29, 0.717) is 13.0 Å². The molecule has 0 aliphatic carbocycles. The van der Waals surface area contributed by atoms with Gasteiger partial charge in [-0.15, -0.1) is 11.3 Å². The highest BCUT2D eigenvalue weighted by atomic mass is 32.1. The Kier molecular flexibility index (Phi) is 6.92. The van der Waals surface area contributed by atoms with E-state index in [1.54, 1.807) is 11.7 Å². The molecule has 1 heterocycles. The maximum atomic E-state index is 12.9. The molecule has 0 aliphatic heterocycles. The van der Waals surface area contributed by atoms with Gasteiger partial charge in [-0.25, -0.2) is 4.79 Å². The SMILES string of the molecule is CC(=O)C(Cc1ccccc1)N(Cc1ccccc1)C(=O)OCc1cncs1. The number of aromatic nitrogens is 1. The van der Waals surface area contributed by atoms with Gasteiger partial charge >= 0.3 is 6.09 Å². The van der Waals surface area contributed by atoms with E-state index >= 15 is 0 Å². The highest BCUT2D eigenvalue weighted by Crippen LogP contribution is 2.17. The van der Waals surface area contributed by atoms with Gasteiger partial charge in [-0.2, -0.15) is 0 Å². The molecule has 1 atom stereocenters. The molecule has 5 nitrogen and oxygen atoms in total.